The Morgan fingerprint density at radius 3 is 2.79 bits per heavy atom. The van der Waals surface area contributed by atoms with Crippen molar-refractivity contribution >= 4 is 0 Å². The standard InChI is InChI=1S/C15H29N3O/c1-13(12-17-8-10-19-11-9-17)16-14-5-7-18-6-3-2-4-15(14)18/h13-16H,2-12H2,1H3. The Labute approximate surface area is 117 Å². The molecular formula is C15H29N3O. The maximum absolute atomic E-state index is 5.42. The SMILES string of the molecule is CC(CN1CCOCC1)NC1CCN2CCCCC12. The highest BCUT2D eigenvalue weighted by atomic mass is 16.5. The van der Waals surface area contributed by atoms with Gasteiger partial charge in [-0.15, -0.1) is 0 Å². The molecule has 3 unspecified atom stereocenters. The Hall–Kier alpha value is -0.160. The minimum Gasteiger partial charge on any atom is -0.379 e. The summed E-state index contributed by atoms with van der Waals surface area (Å²) in [7, 11) is 0. The second-order valence-corrected chi connectivity index (χ2v) is 6.47. The van der Waals surface area contributed by atoms with Gasteiger partial charge in [0.1, 0.15) is 0 Å². The van der Waals surface area contributed by atoms with Gasteiger partial charge in [-0.1, -0.05) is 6.42 Å². The third kappa shape index (κ3) is 3.48. The summed E-state index contributed by atoms with van der Waals surface area (Å²) in [6, 6.07) is 2.15. The van der Waals surface area contributed by atoms with Crippen LogP contribution in [0.5, 0.6) is 0 Å². The van der Waals surface area contributed by atoms with Crippen LogP contribution in [0.25, 0.3) is 0 Å². The van der Waals surface area contributed by atoms with Crippen molar-refractivity contribution in [2.45, 2.75) is 50.7 Å². The predicted octanol–water partition coefficient (Wildman–Crippen LogP) is 0.924. The summed E-state index contributed by atoms with van der Waals surface area (Å²) in [5, 5.41) is 3.90. The molecule has 3 aliphatic rings. The summed E-state index contributed by atoms with van der Waals surface area (Å²) in [5.74, 6) is 0. The second-order valence-electron chi connectivity index (χ2n) is 6.47. The second kappa shape index (κ2) is 6.53. The molecular weight excluding hydrogens is 238 g/mol. The summed E-state index contributed by atoms with van der Waals surface area (Å²) < 4.78 is 5.42. The van der Waals surface area contributed by atoms with Crippen LogP contribution in [0.2, 0.25) is 0 Å². The fourth-order valence-electron chi connectivity index (χ4n) is 4.03. The molecule has 3 fully saturated rings. The lowest BCUT2D eigenvalue weighted by Crippen LogP contribution is -2.51. The molecule has 19 heavy (non-hydrogen) atoms. The number of rotatable bonds is 4. The number of piperidine rings is 1. The average molecular weight is 267 g/mol. The van der Waals surface area contributed by atoms with Crippen molar-refractivity contribution in [3.63, 3.8) is 0 Å². The molecule has 3 heterocycles. The number of hydrogen-bond acceptors (Lipinski definition) is 4. The highest BCUT2D eigenvalue weighted by Crippen LogP contribution is 2.27. The van der Waals surface area contributed by atoms with E-state index in [1.54, 1.807) is 0 Å². The molecule has 3 aliphatic heterocycles. The molecule has 110 valence electrons. The maximum atomic E-state index is 5.42. The Kier molecular flexibility index (Phi) is 4.74. The van der Waals surface area contributed by atoms with Gasteiger partial charge in [0.2, 0.25) is 0 Å². The number of morpholine rings is 1. The monoisotopic (exact) mass is 267 g/mol. The molecule has 0 amide bonds. The molecule has 4 heteroatoms. The quantitative estimate of drug-likeness (QED) is 0.820. The van der Waals surface area contributed by atoms with Crippen molar-refractivity contribution in [1.29, 1.82) is 0 Å². The van der Waals surface area contributed by atoms with E-state index in [9.17, 15) is 0 Å². The summed E-state index contributed by atoms with van der Waals surface area (Å²) in [4.78, 5) is 5.25. The summed E-state index contributed by atoms with van der Waals surface area (Å²) in [5.41, 5.74) is 0. The molecule has 3 rings (SSSR count). The Balaban J connectivity index is 1.45. The number of nitrogens with zero attached hydrogens (tertiary/aromatic N) is 2. The summed E-state index contributed by atoms with van der Waals surface area (Å²) >= 11 is 0. The largest absolute Gasteiger partial charge is 0.379 e. The van der Waals surface area contributed by atoms with Gasteiger partial charge < -0.3 is 10.1 Å². The third-order valence-corrected chi connectivity index (χ3v) is 4.99. The lowest BCUT2D eigenvalue weighted by atomic mass is 9.98. The van der Waals surface area contributed by atoms with Gasteiger partial charge in [-0.25, -0.2) is 0 Å². The van der Waals surface area contributed by atoms with Gasteiger partial charge in [-0.05, 0) is 32.7 Å². The van der Waals surface area contributed by atoms with Gasteiger partial charge in [0.15, 0.2) is 0 Å². The topological polar surface area (TPSA) is 27.7 Å². The summed E-state index contributed by atoms with van der Waals surface area (Å²) in [6.07, 6.45) is 5.59. The molecule has 4 nitrogen and oxygen atoms in total. The molecule has 0 aliphatic carbocycles. The normalized spacial score (nSPS) is 35.2. The highest BCUT2D eigenvalue weighted by molar-refractivity contribution is 4.95. The molecule has 3 saturated heterocycles. The van der Waals surface area contributed by atoms with E-state index in [1.165, 1.54) is 45.3 Å². The van der Waals surface area contributed by atoms with Gasteiger partial charge in [0.25, 0.3) is 0 Å². The van der Waals surface area contributed by atoms with Crippen molar-refractivity contribution in [2.24, 2.45) is 0 Å². The minimum atomic E-state index is 0.602. The first-order chi connectivity index (χ1) is 9.33. The number of nitrogens with one attached hydrogen (secondary N) is 1. The Bertz CT molecular complexity index is 281. The van der Waals surface area contributed by atoms with Crippen molar-refractivity contribution in [2.75, 3.05) is 45.9 Å². The zero-order chi connectivity index (χ0) is 13.1. The minimum absolute atomic E-state index is 0.602. The van der Waals surface area contributed by atoms with Crippen molar-refractivity contribution in [1.82, 2.24) is 15.1 Å². The number of ether oxygens (including phenoxy) is 1. The van der Waals surface area contributed by atoms with Crippen LogP contribution in [0, 0.1) is 0 Å². The molecule has 0 bridgehead atoms. The third-order valence-electron chi connectivity index (χ3n) is 4.99. The highest BCUT2D eigenvalue weighted by Gasteiger charge is 2.35. The van der Waals surface area contributed by atoms with E-state index in [1.807, 2.05) is 0 Å². The van der Waals surface area contributed by atoms with Gasteiger partial charge in [-0.3, -0.25) is 9.80 Å². The molecule has 0 spiro atoms. The molecule has 1 N–H and O–H groups in total. The first-order valence-corrected chi connectivity index (χ1v) is 8.13. The van der Waals surface area contributed by atoms with E-state index in [0.29, 0.717) is 6.04 Å². The van der Waals surface area contributed by atoms with Gasteiger partial charge in [-0.2, -0.15) is 0 Å². The summed E-state index contributed by atoms with van der Waals surface area (Å²) in [6.45, 7) is 10.2. The van der Waals surface area contributed by atoms with Crippen LogP contribution >= 0.6 is 0 Å². The average Bonchev–Trinajstić information content (AvgIpc) is 2.83. The fraction of sp³-hybridized carbons (Fsp3) is 1.00. The Morgan fingerprint density at radius 1 is 1.11 bits per heavy atom. The van der Waals surface area contributed by atoms with Crippen LogP contribution in [0.1, 0.15) is 32.6 Å². The molecule has 0 aromatic carbocycles. The van der Waals surface area contributed by atoms with E-state index in [2.05, 4.69) is 22.0 Å². The number of fused-ring (bicyclic) bond motifs is 1. The van der Waals surface area contributed by atoms with Crippen LogP contribution in [0.15, 0.2) is 0 Å². The van der Waals surface area contributed by atoms with Gasteiger partial charge in [0.05, 0.1) is 13.2 Å². The molecule has 0 aromatic heterocycles. The van der Waals surface area contributed by atoms with E-state index in [4.69, 9.17) is 4.74 Å². The lowest BCUT2D eigenvalue weighted by Gasteiger charge is -2.35. The maximum Gasteiger partial charge on any atom is 0.0594 e. The smallest absolute Gasteiger partial charge is 0.0594 e. The Morgan fingerprint density at radius 2 is 1.95 bits per heavy atom. The number of hydrogen-bond donors (Lipinski definition) is 1. The fourth-order valence-corrected chi connectivity index (χ4v) is 4.03. The first-order valence-electron chi connectivity index (χ1n) is 8.13. The van der Waals surface area contributed by atoms with Gasteiger partial charge in [0, 0.05) is 44.3 Å². The van der Waals surface area contributed by atoms with Crippen LogP contribution < -0.4 is 5.32 Å². The van der Waals surface area contributed by atoms with Crippen LogP contribution in [0.4, 0.5) is 0 Å². The zero-order valence-corrected chi connectivity index (χ0v) is 12.3. The molecule has 0 saturated carbocycles. The molecule has 0 aromatic rings. The molecule has 3 atom stereocenters. The first kappa shape index (κ1) is 13.8. The lowest BCUT2D eigenvalue weighted by molar-refractivity contribution is 0.0334. The van der Waals surface area contributed by atoms with Crippen LogP contribution in [-0.4, -0.2) is 73.9 Å². The van der Waals surface area contributed by atoms with Crippen molar-refractivity contribution in [3.05, 3.63) is 0 Å². The van der Waals surface area contributed by atoms with E-state index >= 15 is 0 Å². The van der Waals surface area contributed by atoms with Crippen LogP contribution in [0.3, 0.4) is 0 Å². The zero-order valence-electron chi connectivity index (χ0n) is 12.3. The van der Waals surface area contributed by atoms with Crippen molar-refractivity contribution in [3.8, 4) is 0 Å². The van der Waals surface area contributed by atoms with E-state index in [0.717, 1.165) is 38.4 Å². The van der Waals surface area contributed by atoms with Crippen molar-refractivity contribution < 1.29 is 4.74 Å². The predicted molar refractivity (Wildman–Crippen MR) is 77.5 cm³/mol. The molecule has 0 radical (unpaired) electrons. The van der Waals surface area contributed by atoms with E-state index in [-0.39, 0.29) is 0 Å². The van der Waals surface area contributed by atoms with E-state index < -0.39 is 0 Å². The van der Waals surface area contributed by atoms with Crippen LogP contribution in [-0.2, 0) is 4.74 Å². The van der Waals surface area contributed by atoms with Gasteiger partial charge >= 0.3 is 0 Å².